The summed E-state index contributed by atoms with van der Waals surface area (Å²) in [5.41, 5.74) is 0.323. The minimum absolute atomic E-state index is 0.250. The van der Waals surface area contributed by atoms with Crippen molar-refractivity contribution < 1.29 is 4.79 Å². The third kappa shape index (κ3) is 2.47. The zero-order valence-corrected chi connectivity index (χ0v) is 9.60. The van der Waals surface area contributed by atoms with Gasteiger partial charge in [-0.05, 0) is 38.4 Å². The van der Waals surface area contributed by atoms with Crippen molar-refractivity contribution in [2.45, 2.75) is 33.1 Å². The van der Waals surface area contributed by atoms with Gasteiger partial charge in [0, 0.05) is 13.0 Å². The molecule has 3 nitrogen and oxygen atoms in total. The van der Waals surface area contributed by atoms with Crippen molar-refractivity contribution in [1.82, 2.24) is 10.2 Å². The van der Waals surface area contributed by atoms with Crippen molar-refractivity contribution in [3.63, 3.8) is 0 Å². The third-order valence-corrected chi connectivity index (χ3v) is 3.24. The largest absolute Gasteiger partial charge is 0.356 e. The second-order valence-electron chi connectivity index (χ2n) is 4.26. The molecule has 2 fully saturated rings. The average molecular weight is 198 g/mol. The van der Waals surface area contributed by atoms with E-state index in [1.54, 1.807) is 0 Å². The molecular formula is C11H22N2O. The highest BCUT2D eigenvalue weighted by atomic mass is 16.1. The maximum absolute atomic E-state index is 11.1. The Bertz CT molecular complexity index is 195. The fourth-order valence-electron chi connectivity index (χ4n) is 2.20. The van der Waals surface area contributed by atoms with E-state index >= 15 is 0 Å². The molecule has 82 valence electrons. The van der Waals surface area contributed by atoms with Gasteiger partial charge >= 0.3 is 0 Å². The summed E-state index contributed by atoms with van der Waals surface area (Å²) in [4.78, 5) is 13.4. The Morgan fingerprint density at radius 2 is 1.86 bits per heavy atom. The average Bonchev–Trinajstić information content (AvgIpc) is 2.57. The van der Waals surface area contributed by atoms with Gasteiger partial charge in [0.2, 0.25) is 5.91 Å². The molecule has 1 spiro atoms. The predicted octanol–water partition coefficient (Wildman–Crippen LogP) is 1.24. The van der Waals surface area contributed by atoms with Crippen LogP contribution in [0.5, 0.6) is 0 Å². The molecule has 14 heavy (non-hydrogen) atoms. The Kier molecular flexibility index (Phi) is 3.93. The number of hydrogen-bond acceptors (Lipinski definition) is 2. The molecule has 0 aromatic rings. The second kappa shape index (κ2) is 4.78. The number of likely N-dealkylation sites (tertiary alicyclic amines) is 1. The van der Waals surface area contributed by atoms with Gasteiger partial charge in [0.05, 0.1) is 0 Å². The molecule has 0 atom stereocenters. The van der Waals surface area contributed by atoms with Crippen molar-refractivity contribution >= 4 is 5.91 Å². The SMILES string of the molecule is CC.CN1CCC2(CC1)CNC(=O)C2. The van der Waals surface area contributed by atoms with Gasteiger partial charge in [-0.25, -0.2) is 0 Å². The molecular weight excluding hydrogens is 176 g/mol. The summed E-state index contributed by atoms with van der Waals surface area (Å²) >= 11 is 0. The third-order valence-electron chi connectivity index (χ3n) is 3.24. The van der Waals surface area contributed by atoms with Crippen LogP contribution in [0.25, 0.3) is 0 Å². The van der Waals surface area contributed by atoms with Crippen LogP contribution in [-0.4, -0.2) is 37.5 Å². The molecule has 3 heteroatoms. The first-order valence-corrected chi connectivity index (χ1v) is 5.66. The Hall–Kier alpha value is -0.570. The Balaban J connectivity index is 0.000000461. The van der Waals surface area contributed by atoms with Crippen molar-refractivity contribution in [1.29, 1.82) is 0 Å². The van der Waals surface area contributed by atoms with Gasteiger partial charge < -0.3 is 10.2 Å². The van der Waals surface area contributed by atoms with E-state index in [4.69, 9.17) is 0 Å². The summed E-state index contributed by atoms with van der Waals surface area (Å²) < 4.78 is 0. The molecule has 2 aliphatic heterocycles. The van der Waals surface area contributed by atoms with Crippen molar-refractivity contribution in [3.8, 4) is 0 Å². The van der Waals surface area contributed by atoms with Crippen LogP contribution in [-0.2, 0) is 4.79 Å². The molecule has 0 aromatic carbocycles. The van der Waals surface area contributed by atoms with Crippen LogP contribution in [0.1, 0.15) is 33.1 Å². The summed E-state index contributed by atoms with van der Waals surface area (Å²) in [6.45, 7) is 7.21. The van der Waals surface area contributed by atoms with Gasteiger partial charge in [0.1, 0.15) is 0 Å². The van der Waals surface area contributed by atoms with Crippen LogP contribution >= 0.6 is 0 Å². The lowest BCUT2D eigenvalue weighted by atomic mass is 9.78. The van der Waals surface area contributed by atoms with E-state index in [1.807, 2.05) is 13.8 Å². The van der Waals surface area contributed by atoms with Crippen LogP contribution in [0.2, 0.25) is 0 Å². The summed E-state index contributed by atoms with van der Waals surface area (Å²) in [6, 6.07) is 0. The Morgan fingerprint density at radius 1 is 1.29 bits per heavy atom. The number of carbonyl (C=O) groups excluding carboxylic acids is 1. The van der Waals surface area contributed by atoms with E-state index in [0.29, 0.717) is 5.41 Å². The number of piperidine rings is 1. The molecule has 0 aliphatic carbocycles. The fourth-order valence-corrected chi connectivity index (χ4v) is 2.20. The molecule has 0 saturated carbocycles. The number of rotatable bonds is 0. The van der Waals surface area contributed by atoms with Crippen LogP contribution in [0.15, 0.2) is 0 Å². The maximum atomic E-state index is 11.1. The molecule has 2 saturated heterocycles. The molecule has 0 radical (unpaired) electrons. The first kappa shape index (κ1) is 11.5. The number of hydrogen-bond donors (Lipinski definition) is 1. The van der Waals surface area contributed by atoms with Gasteiger partial charge in [-0.15, -0.1) is 0 Å². The van der Waals surface area contributed by atoms with Gasteiger partial charge in [-0.2, -0.15) is 0 Å². The molecule has 2 aliphatic rings. The smallest absolute Gasteiger partial charge is 0.220 e. The highest BCUT2D eigenvalue weighted by Crippen LogP contribution is 2.36. The Labute approximate surface area is 86.9 Å². The second-order valence-corrected chi connectivity index (χ2v) is 4.26. The highest BCUT2D eigenvalue weighted by molar-refractivity contribution is 5.79. The van der Waals surface area contributed by atoms with Gasteiger partial charge in [-0.3, -0.25) is 4.79 Å². The van der Waals surface area contributed by atoms with E-state index in [0.717, 1.165) is 26.1 Å². The number of carbonyl (C=O) groups is 1. The van der Waals surface area contributed by atoms with E-state index < -0.39 is 0 Å². The zero-order chi connectivity index (χ0) is 10.6. The molecule has 2 heterocycles. The van der Waals surface area contributed by atoms with Crippen LogP contribution in [0, 0.1) is 5.41 Å². The van der Waals surface area contributed by atoms with E-state index in [2.05, 4.69) is 17.3 Å². The first-order chi connectivity index (χ1) is 6.70. The summed E-state index contributed by atoms with van der Waals surface area (Å²) in [5.74, 6) is 0.250. The lowest BCUT2D eigenvalue weighted by Crippen LogP contribution is -2.39. The van der Waals surface area contributed by atoms with E-state index in [1.165, 1.54) is 12.8 Å². The van der Waals surface area contributed by atoms with Crippen LogP contribution in [0.3, 0.4) is 0 Å². The maximum Gasteiger partial charge on any atom is 0.220 e. The van der Waals surface area contributed by atoms with Crippen LogP contribution in [0.4, 0.5) is 0 Å². The minimum atomic E-state index is 0.250. The minimum Gasteiger partial charge on any atom is -0.356 e. The summed E-state index contributed by atoms with van der Waals surface area (Å²) in [5, 5.41) is 2.94. The van der Waals surface area contributed by atoms with Crippen molar-refractivity contribution in [3.05, 3.63) is 0 Å². The fraction of sp³-hybridized carbons (Fsp3) is 0.909. The Morgan fingerprint density at radius 3 is 2.29 bits per heavy atom. The summed E-state index contributed by atoms with van der Waals surface area (Å²) in [6.07, 6.45) is 3.13. The lowest BCUT2D eigenvalue weighted by Gasteiger charge is -2.36. The number of nitrogens with one attached hydrogen (secondary N) is 1. The normalized spacial score (nSPS) is 25.5. The number of amides is 1. The van der Waals surface area contributed by atoms with Crippen molar-refractivity contribution in [2.24, 2.45) is 5.41 Å². The van der Waals surface area contributed by atoms with Crippen LogP contribution < -0.4 is 5.32 Å². The molecule has 0 bridgehead atoms. The molecule has 0 aromatic heterocycles. The zero-order valence-electron chi connectivity index (χ0n) is 9.60. The standard InChI is InChI=1S/C9H16N2O.C2H6/c1-11-4-2-9(3-5-11)6-8(12)10-7-9;1-2/h2-7H2,1H3,(H,10,12);1-2H3. The first-order valence-electron chi connectivity index (χ1n) is 5.66. The predicted molar refractivity (Wildman–Crippen MR) is 58.1 cm³/mol. The molecule has 1 amide bonds. The van der Waals surface area contributed by atoms with Crippen molar-refractivity contribution in [2.75, 3.05) is 26.7 Å². The van der Waals surface area contributed by atoms with Gasteiger partial charge in [0.15, 0.2) is 0 Å². The van der Waals surface area contributed by atoms with E-state index in [-0.39, 0.29) is 5.91 Å². The number of nitrogens with zero attached hydrogens (tertiary/aromatic N) is 1. The topological polar surface area (TPSA) is 32.3 Å². The molecule has 2 rings (SSSR count). The highest BCUT2D eigenvalue weighted by Gasteiger charge is 2.39. The van der Waals surface area contributed by atoms with E-state index in [9.17, 15) is 4.79 Å². The van der Waals surface area contributed by atoms with Gasteiger partial charge in [-0.1, -0.05) is 13.8 Å². The monoisotopic (exact) mass is 198 g/mol. The molecule has 0 unspecified atom stereocenters. The summed E-state index contributed by atoms with van der Waals surface area (Å²) in [7, 11) is 2.15. The van der Waals surface area contributed by atoms with Gasteiger partial charge in [0.25, 0.3) is 0 Å². The quantitative estimate of drug-likeness (QED) is 0.635. The lowest BCUT2D eigenvalue weighted by molar-refractivity contribution is -0.119. The molecule has 1 N–H and O–H groups in total.